The number of rotatable bonds is 3. The number of carbonyl (C=O) groups is 2. The molecule has 0 bridgehead atoms. The van der Waals surface area contributed by atoms with Gasteiger partial charge < -0.3 is 10.2 Å². The van der Waals surface area contributed by atoms with Crippen molar-refractivity contribution in [3.05, 3.63) is 34.4 Å². The van der Waals surface area contributed by atoms with E-state index >= 15 is 0 Å². The maximum absolute atomic E-state index is 12.2. The van der Waals surface area contributed by atoms with Crippen molar-refractivity contribution >= 4 is 23.2 Å². The second-order valence-electron chi connectivity index (χ2n) is 5.04. The first-order valence-corrected chi connectivity index (χ1v) is 6.79. The van der Waals surface area contributed by atoms with Crippen LogP contribution in [0, 0.1) is 16.0 Å². The molecule has 0 spiro atoms. The summed E-state index contributed by atoms with van der Waals surface area (Å²) in [6, 6.07) is 6.06. The van der Waals surface area contributed by atoms with Gasteiger partial charge in [0.25, 0.3) is 5.69 Å². The number of nitro groups is 1. The molecule has 1 N–H and O–H groups in total. The third kappa shape index (κ3) is 3.56. The van der Waals surface area contributed by atoms with E-state index in [9.17, 15) is 19.7 Å². The van der Waals surface area contributed by atoms with Crippen molar-refractivity contribution in [2.24, 2.45) is 5.92 Å². The fraction of sp³-hybridized carbons (Fsp3) is 0.429. The van der Waals surface area contributed by atoms with E-state index in [0.29, 0.717) is 25.9 Å². The van der Waals surface area contributed by atoms with Crippen molar-refractivity contribution < 1.29 is 14.5 Å². The van der Waals surface area contributed by atoms with Crippen LogP contribution in [-0.2, 0) is 9.59 Å². The topological polar surface area (TPSA) is 92.6 Å². The molecule has 1 aromatic carbocycles. The Labute approximate surface area is 122 Å². The highest BCUT2D eigenvalue weighted by molar-refractivity contribution is 5.94. The lowest BCUT2D eigenvalue weighted by Gasteiger charge is -2.30. The van der Waals surface area contributed by atoms with Gasteiger partial charge in [0.15, 0.2) is 0 Å². The molecule has 0 saturated carbocycles. The minimum absolute atomic E-state index is 0.00700. The first-order valence-electron chi connectivity index (χ1n) is 6.79. The smallest absolute Gasteiger partial charge is 0.292 e. The number of nitrogens with one attached hydrogen (secondary N) is 1. The van der Waals surface area contributed by atoms with E-state index in [0.717, 1.165) is 0 Å². The Morgan fingerprint density at radius 2 is 1.90 bits per heavy atom. The van der Waals surface area contributed by atoms with Crippen LogP contribution in [0.25, 0.3) is 0 Å². The molecule has 0 aliphatic carbocycles. The summed E-state index contributed by atoms with van der Waals surface area (Å²) in [6.45, 7) is 2.60. The fourth-order valence-corrected chi connectivity index (χ4v) is 2.43. The van der Waals surface area contributed by atoms with Gasteiger partial charge in [-0.2, -0.15) is 0 Å². The predicted octanol–water partition coefficient (Wildman–Crippen LogP) is 1.79. The lowest BCUT2D eigenvalue weighted by Crippen LogP contribution is -2.40. The Balaban J connectivity index is 2.00. The van der Waals surface area contributed by atoms with Crippen molar-refractivity contribution in [1.82, 2.24) is 4.90 Å². The summed E-state index contributed by atoms with van der Waals surface area (Å²) in [7, 11) is 0. The molecule has 0 radical (unpaired) electrons. The van der Waals surface area contributed by atoms with Crippen LogP contribution >= 0.6 is 0 Å². The Bertz CT molecular complexity index is 565. The third-order valence-electron chi connectivity index (χ3n) is 3.67. The minimum atomic E-state index is -0.520. The first kappa shape index (κ1) is 15.0. The van der Waals surface area contributed by atoms with Gasteiger partial charge in [-0.25, -0.2) is 0 Å². The molecule has 0 unspecified atom stereocenters. The van der Waals surface area contributed by atoms with E-state index in [1.165, 1.54) is 19.1 Å². The third-order valence-corrected chi connectivity index (χ3v) is 3.67. The van der Waals surface area contributed by atoms with Crippen LogP contribution in [0.1, 0.15) is 19.8 Å². The highest BCUT2D eigenvalue weighted by atomic mass is 16.6. The van der Waals surface area contributed by atoms with Crippen molar-refractivity contribution in [2.45, 2.75) is 19.8 Å². The molecule has 1 heterocycles. The number of likely N-dealkylation sites (tertiary alicyclic amines) is 1. The first-order chi connectivity index (χ1) is 9.99. The van der Waals surface area contributed by atoms with Crippen LogP contribution in [0.5, 0.6) is 0 Å². The molecule has 7 nitrogen and oxygen atoms in total. The molecule has 0 atom stereocenters. The summed E-state index contributed by atoms with van der Waals surface area (Å²) < 4.78 is 0. The van der Waals surface area contributed by atoms with Crippen molar-refractivity contribution in [2.75, 3.05) is 18.4 Å². The van der Waals surface area contributed by atoms with Gasteiger partial charge in [0, 0.05) is 32.0 Å². The lowest BCUT2D eigenvalue weighted by atomic mass is 9.95. The zero-order valence-corrected chi connectivity index (χ0v) is 11.7. The van der Waals surface area contributed by atoms with Crippen LogP contribution in [0.3, 0.4) is 0 Å². The standard InChI is InChI=1S/C14H17N3O4/c1-10(18)16-8-6-11(7-9-16)14(19)15-12-4-2-3-5-13(12)17(20)21/h2-5,11H,6-9H2,1H3,(H,15,19). The lowest BCUT2D eigenvalue weighted by molar-refractivity contribution is -0.383. The number of hydrogen-bond donors (Lipinski definition) is 1. The quantitative estimate of drug-likeness (QED) is 0.678. The SMILES string of the molecule is CC(=O)N1CCC(C(=O)Nc2ccccc2[N+](=O)[O-])CC1. The zero-order valence-electron chi connectivity index (χ0n) is 11.7. The summed E-state index contributed by atoms with van der Waals surface area (Å²) in [5.74, 6) is -0.444. The van der Waals surface area contributed by atoms with Crippen LogP contribution in [0.2, 0.25) is 0 Å². The van der Waals surface area contributed by atoms with Crippen LogP contribution < -0.4 is 5.32 Å². The average Bonchev–Trinajstić information content (AvgIpc) is 2.47. The van der Waals surface area contributed by atoms with Crippen molar-refractivity contribution in [1.29, 1.82) is 0 Å². The summed E-state index contributed by atoms with van der Waals surface area (Å²) in [4.78, 5) is 35.5. The van der Waals surface area contributed by atoms with Crippen LogP contribution in [0.4, 0.5) is 11.4 Å². The fourth-order valence-electron chi connectivity index (χ4n) is 2.43. The molecular formula is C14H17N3O4. The Hall–Kier alpha value is -2.44. The van der Waals surface area contributed by atoms with Gasteiger partial charge in [-0.3, -0.25) is 19.7 Å². The van der Waals surface area contributed by atoms with E-state index in [-0.39, 0.29) is 29.1 Å². The molecule has 0 aromatic heterocycles. The number of piperidine rings is 1. The Morgan fingerprint density at radius 1 is 1.29 bits per heavy atom. The number of nitrogens with zero attached hydrogens (tertiary/aromatic N) is 2. The van der Waals surface area contributed by atoms with Gasteiger partial charge in [-0.15, -0.1) is 0 Å². The molecule has 1 aliphatic heterocycles. The Kier molecular flexibility index (Phi) is 4.52. The molecule has 2 rings (SSSR count). The predicted molar refractivity (Wildman–Crippen MR) is 76.7 cm³/mol. The highest BCUT2D eigenvalue weighted by Gasteiger charge is 2.27. The minimum Gasteiger partial charge on any atom is -0.343 e. The average molecular weight is 291 g/mol. The molecule has 1 aromatic rings. The largest absolute Gasteiger partial charge is 0.343 e. The van der Waals surface area contributed by atoms with Crippen LogP contribution in [0.15, 0.2) is 24.3 Å². The van der Waals surface area contributed by atoms with Gasteiger partial charge in [-0.1, -0.05) is 12.1 Å². The second kappa shape index (κ2) is 6.34. The second-order valence-corrected chi connectivity index (χ2v) is 5.04. The van der Waals surface area contributed by atoms with E-state index in [1.807, 2.05) is 0 Å². The van der Waals surface area contributed by atoms with Gasteiger partial charge in [-0.05, 0) is 18.9 Å². The van der Waals surface area contributed by atoms with Gasteiger partial charge in [0.2, 0.25) is 11.8 Å². The van der Waals surface area contributed by atoms with E-state index in [1.54, 1.807) is 17.0 Å². The van der Waals surface area contributed by atoms with Gasteiger partial charge in [0.05, 0.1) is 4.92 Å². The maximum atomic E-state index is 12.2. The summed E-state index contributed by atoms with van der Waals surface area (Å²) in [5.41, 5.74) is 0.0912. The van der Waals surface area contributed by atoms with Crippen molar-refractivity contribution in [3.8, 4) is 0 Å². The summed E-state index contributed by atoms with van der Waals surface area (Å²) in [5, 5.41) is 13.5. The van der Waals surface area contributed by atoms with Crippen LogP contribution in [-0.4, -0.2) is 34.7 Å². The molecule has 2 amide bonds. The van der Waals surface area contributed by atoms with E-state index < -0.39 is 4.92 Å². The molecule has 7 heteroatoms. The summed E-state index contributed by atoms with van der Waals surface area (Å²) in [6.07, 6.45) is 1.15. The normalized spacial score (nSPS) is 15.6. The molecule has 1 saturated heterocycles. The number of anilines is 1. The molecular weight excluding hydrogens is 274 g/mol. The monoisotopic (exact) mass is 291 g/mol. The number of carbonyl (C=O) groups excluding carboxylic acids is 2. The number of benzene rings is 1. The van der Waals surface area contributed by atoms with Gasteiger partial charge >= 0.3 is 0 Å². The van der Waals surface area contributed by atoms with Crippen molar-refractivity contribution in [3.63, 3.8) is 0 Å². The number of hydrogen-bond acceptors (Lipinski definition) is 4. The number of amides is 2. The summed E-state index contributed by atoms with van der Waals surface area (Å²) >= 11 is 0. The molecule has 1 aliphatic rings. The van der Waals surface area contributed by atoms with E-state index in [2.05, 4.69) is 5.32 Å². The maximum Gasteiger partial charge on any atom is 0.292 e. The highest BCUT2D eigenvalue weighted by Crippen LogP contribution is 2.25. The number of nitro benzene ring substituents is 1. The zero-order chi connectivity index (χ0) is 15.4. The Morgan fingerprint density at radius 3 is 2.48 bits per heavy atom. The van der Waals surface area contributed by atoms with E-state index in [4.69, 9.17) is 0 Å². The van der Waals surface area contributed by atoms with Gasteiger partial charge in [0.1, 0.15) is 5.69 Å². The number of para-hydroxylation sites is 2. The molecule has 1 fully saturated rings. The molecule has 112 valence electrons. The molecule has 21 heavy (non-hydrogen) atoms.